The van der Waals surface area contributed by atoms with Crippen molar-refractivity contribution in [3.8, 4) is 0 Å². The number of alkyl halides is 3. The molecule has 2 N–H and O–H groups in total. The van der Waals surface area contributed by atoms with Gasteiger partial charge < -0.3 is 15.2 Å². The van der Waals surface area contributed by atoms with Crippen LogP contribution in [0.3, 0.4) is 0 Å². The molecule has 0 bridgehead atoms. The fourth-order valence-electron chi connectivity index (χ4n) is 2.68. The van der Waals surface area contributed by atoms with E-state index < -0.39 is 17.5 Å². The van der Waals surface area contributed by atoms with Crippen LogP contribution in [0.1, 0.15) is 11.3 Å². The maximum Gasteiger partial charge on any atom is 0.417 e. The van der Waals surface area contributed by atoms with Crippen LogP contribution in [0.15, 0.2) is 18.3 Å². The maximum absolute atomic E-state index is 12.5. The Morgan fingerprint density at radius 3 is 2.90 bits per heavy atom. The maximum atomic E-state index is 12.5. The van der Waals surface area contributed by atoms with Gasteiger partial charge in [-0.15, -0.1) is 0 Å². The molecule has 116 valence electrons. The van der Waals surface area contributed by atoms with Crippen molar-refractivity contribution in [3.05, 3.63) is 29.6 Å². The van der Waals surface area contributed by atoms with Crippen LogP contribution in [0.25, 0.3) is 0 Å². The summed E-state index contributed by atoms with van der Waals surface area (Å²) in [5, 5.41) is 13.8. The highest BCUT2D eigenvalue weighted by Gasteiger charge is 2.42. The molecule has 0 saturated carbocycles. The molecule has 0 radical (unpaired) electrons. The lowest BCUT2D eigenvalue weighted by atomic mass is 10.0. The van der Waals surface area contributed by atoms with Crippen molar-refractivity contribution in [2.75, 3.05) is 32.8 Å². The van der Waals surface area contributed by atoms with E-state index in [1.54, 1.807) is 0 Å². The van der Waals surface area contributed by atoms with Gasteiger partial charge in [0, 0.05) is 31.9 Å². The summed E-state index contributed by atoms with van der Waals surface area (Å²) in [6.45, 7) is 2.87. The summed E-state index contributed by atoms with van der Waals surface area (Å²) >= 11 is 0. The highest BCUT2D eigenvalue weighted by Crippen LogP contribution is 2.32. The summed E-state index contributed by atoms with van der Waals surface area (Å²) < 4.78 is 43.1. The molecular formula is C13H16F3N3O2. The first kappa shape index (κ1) is 14.7. The summed E-state index contributed by atoms with van der Waals surface area (Å²) in [6.07, 6.45) is -3.72. The number of pyridine rings is 1. The van der Waals surface area contributed by atoms with Gasteiger partial charge in [-0.1, -0.05) is 0 Å². The van der Waals surface area contributed by atoms with E-state index in [-0.39, 0.29) is 18.3 Å². The average Bonchev–Trinajstić information content (AvgIpc) is 2.46. The summed E-state index contributed by atoms with van der Waals surface area (Å²) in [6, 6.07) is 2.26. The average molecular weight is 303 g/mol. The molecule has 2 aliphatic rings. The first-order valence-corrected chi connectivity index (χ1v) is 6.73. The van der Waals surface area contributed by atoms with Crippen molar-refractivity contribution in [3.63, 3.8) is 0 Å². The SMILES string of the molecule is O[C@@]1(c2ccc(C(F)(F)F)cn2)CN2CCNC[C@H]2CO1. The molecule has 0 amide bonds. The van der Waals surface area contributed by atoms with Gasteiger partial charge in [-0.05, 0) is 12.1 Å². The van der Waals surface area contributed by atoms with Gasteiger partial charge in [0.2, 0.25) is 5.79 Å². The van der Waals surface area contributed by atoms with Crippen molar-refractivity contribution in [1.82, 2.24) is 15.2 Å². The van der Waals surface area contributed by atoms with Crippen LogP contribution in [-0.4, -0.2) is 53.8 Å². The number of aromatic nitrogens is 1. The third-order valence-corrected chi connectivity index (χ3v) is 3.90. The molecular weight excluding hydrogens is 287 g/mol. The highest BCUT2D eigenvalue weighted by atomic mass is 19.4. The number of aliphatic hydroxyl groups is 1. The van der Waals surface area contributed by atoms with Crippen LogP contribution in [0.4, 0.5) is 13.2 Å². The Bertz CT molecular complexity index is 508. The number of morpholine rings is 1. The molecule has 3 heterocycles. The molecule has 5 nitrogen and oxygen atoms in total. The Balaban J connectivity index is 1.79. The van der Waals surface area contributed by atoms with E-state index in [1.807, 2.05) is 0 Å². The lowest BCUT2D eigenvalue weighted by molar-refractivity contribution is -0.265. The fourth-order valence-corrected chi connectivity index (χ4v) is 2.68. The van der Waals surface area contributed by atoms with Crippen molar-refractivity contribution >= 4 is 0 Å². The predicted molar refractivity (Wildman–Crippen MR) is 67.3 cm³/mol. The monoisotopic (exact) mass is 303 g/mol. The number of hydrogen-bond acceptors (Lipinski definition) is 5. The zero-order valence-corrected chi connectivity index (χ0v) is 11.2. The van der Waals surface area contributed by atoms with E-state index in [4.69, 9.17) is 4.74 Å². The second kappa shape index (κ2) is 5.20. The van der Waals surface area contributed by atoms with Crippen LogP contribution in [0.5, 0.6) is 0 Å². The Hall–Kier alpha value is -1.22. The summed E-state index contributed by atoms with van der Waals surface area (Å²) in [4.78, 5) is 5.81. The normalized spacial score (nSPS) is 31.0. The minimum absolute atomic E-state index is 0.104. The van der Waals surface area contributed by atoms with Gasteiger partial charge in [0.1, 0.15) is 5.69 Å². The van der Waals surface area contributed by atoms with Crippen LogP contribution < -0.4 is 5.32 Å². The predicted octanol–water partition coefficient (Wildman–Crippen LogP) is 0.549. The van der Waals surface area contributed by atoms with E-state index in [1.165, 1.54) is 6.07 Å². The van der Waals surface area contributed by atoms with Crippen LogP contribution in [0, 0.1) is 0 Å². The standard InChI is InChI=1S/C13H16F3N3O2/c14-13(15,16)9-1-2-11(18-5-9)12(20)8-19-4-3-17-6-10(19)7-21-12/h1-2,5,10,17,20H,3-4,6-8H2/t10-,12-/m0/s1. The quantitative estimate of drug-likeness (QED) is 0.793. The largest absolute Gasteiger partial charge is 0.417 e. The van der Waals surface area contributed by atoms with E-state index >= 15 is 0 Å². The summed E-state index contributed by atoms with van der Waals surface area (Å²) in [5.74, 6) is -1.65. The van der Waals surface area contributed by atoms with E-state index in [9.17, 15) is 18.3 Å². The van der Waals surface area contributed by atoms with Crippen molar-refractivity contribution in [2.24, 2.45) is 0 Å². The zero-order chi connectivity index (χ0) is 15.1. The third kappa shape index (κ3) is 2.89. The second-order valence-corrected chi connectivity index (χ2v) is 5.35. The lowest BCUT2D eigenvalue weighted by Gasteiger charge is -2.45. The molecule has 21 heavy (non-hydrogen) atoms. The first-order valence-electron chi connectivity index (χ1n) is 6.73. The fraction of sp³-hybridized carbons (Fsp3) is 0.615. The van der Waals surface area contributed by atoms with Crippen LogP contribution in [-0.2, 0) is 16.7 Å². The molecule has 0 spiro atoms. The van der Waals surface area contributed by atoms with Crippen molar-refractivity contribution in [2.45, 2.75) is 18.0 Å². The van der Waals surface area contributed by atoms with Gasteiger partial charge >= 0.3 is 6.18 Å². The van der Waals surface area contributed by atoms with Crippen molar-refractivity contribution < 1.29 is 23.0 Å². The Morgan fingerprint density at radius 1 is 1.43 bits per heavy atom. The number of piperazine rings is 1. The van der Waals surface area contributed by atoms with Crippen LogP contribution >= 0.6 is 0 Å². The van der Waals surface area contributed by atoms with E-state index in [2.05, 4.69) is 15.2 Å². The number of fused-ring (bicyclic) bond motifs is 1. The molecule has 2 fully saturated rings. The van der Waals surface area contributed by atoms with Gasteiger partial charge in [-0.2, -0.15) is 13.2 Å². The minimum atomic E-state index is -4.44. The molecule has 0 aromatic carbocycles. The summed E-state index contributed by atoms with van der Waals surface area (Å²) in [7, 11) is 0. The molecule has 2 atom stereocenters. The number of halogens is 3. The Morgan fingerprint density at radius 2 is 2.24 bits per heavy atom. The summed E-state index contributed by atoms with van der Waals surface area (Å²) in [5.41, 5.74) is -0.738. The topological polar surface area (TPSA) is 57.6 Å². The molecule has 1 aromatic rings. The zero-order valence-electron chi connectivity index (χ0n) is 11.2. The van der Waals surface area contributed by atoms with E-state index in [0.717, 1.165) is 31.9 Å². The third-order valence-electron chi connectivity index (χ3n) is 3.90. The Labute approximate surface area is 119 Å². The molecule has 0 aliphatic carbocycles. The number of nitrogens with zero attached hydrogens (tertiary/aromatic N) is 2. The van der Waals surface area contributed by atoms with Gasteiger partial charge in [-0.25, -0.2) is 0 Å². The second-order valence-electron chi connectivity index (χ2n) is 5.35. The van der Waals surface area contributed by atoms with Crippen molar-refractivity contribution in [1.29, 1.82) is 0 Å². The molecule has 2 saturated heterocycles. The number of ether oxygens (including phenoxy) is 1. The number of rotatable bonds is 1. The first-order chi connectivity index (χ1) is 9.88. The van der Waals surface area contributed by atoms with Gasteiger partial charge in [0.05, 0.1) is 18.7 Å². The molecule has 2 aliphatic heterocycles. The minimum Gasteiger partial charge on any atom is -0.360 e. The molecule has 1 aromatic heterocycles. The van der Waals surface area contributed by atoms with Gasteiger partial charge in [-0.3, -0.25) is 9.88 Å². The Kier molecular flexibility index (Phi) is 3.64. The number of nitrogens with one attached hydrogen (secondary N) is 1. The van der Waals surface area contributed by atoms with Gasteiger partial charge in [0.25, 0.3) is 0 Å². The smallest absolute Gasteiger partial charge is 0.360 e. The molecule has 8 heteroatoms. The van der Waals surface area contributed by atoms with Crippen LogP contribution in [0.2, 0.25) is 0 Å². The highest BCUT2D eigenvalue weighted by molar-refractivity contribution is 5.20. The molecule has 3 rings (SSSR count). The van der Waals surface area contributed by atoms with E-state index in [0.29, 0.717) is 6.61 Å². The van der Waals surface area contributed by atoms with Gasteiger partial charge in [0.15, 0.2) is 0 Å². The molecule has 0 unspecified atom stereocenters. The number of hydrogen-bond donors (Lipinski definition) is 2. The lowest BCUT2D eigenvalue weighted by Crippen LogP contribution is -2.62.